The molecule has 1 aromatic carbocycles. The van der Waals surface area contributed by atoms with Crippen molar-refractivity contribution in [1.82, 2.24) is 9.88 Å². The number of pyridine rings is 1. The number of likely N-dealkylation sites (tertiary alicyclic amines) is 1. The van der Waals surface area contributed by atoms with E-state index in [9.17, 15) is 0 Å². The van der Waals surface area contributed by atoms with Gasteiger partial charge in [0, 0.05) is 49.1 Å². The standard InChI is InChI=1S/C17H21N3/c1-2-13(1)11-20-8-6-17(12-20)19-16-4-3-15-10-18-7-5-14(15)9-16/h3-5,7,9-10,13,17,19H,1-2,6,8,11-12H2. The van der Waals surface area contributed by atoms with Crippen molar-refractivity contribution < 1.29 is 0 Å². The van der Waals surface area contributed by atoms with Gasteiger partial charge < -0.3 is 10.2 Å². The van der Waals surface area contributed by atoms with Crippen LogP contribution in [0, 0.1) is 5.92 Å². The van der Waals surface area contributed by atoms with E-state index in [1.807, 2.05) is 12.4 Å². The smallest absolute Gasteiger partial charge is 0.0400 e. The van der Waals surface area contributed by atoms with Gasteiger partial charge in [-0.3, -0.25) is 4.98 Å². The highest BCUT2D eigenvalue weighted by Crippen LogP contribution is 2.31. The third-order valence-electron chi connectivity index (χ3n) is 4.50. The average Bonchev–Trinajstić information content (AvgIpc) is 3.18. The Balaban J connectivity index is 1.42. The fourth-order valence-corrected chi connectivity index (χ4v) is 3.19. The van der Waals surface area contributed by atoms with Crippen molar-refractivity contribution in [3.8, 4) is 0 Å². The zero-order valence-electron chi connectivity index (χ0n) is 11.8. The summed E-state index contributed by atoms with van der Waals surface area (Å²) in [5.74, 6) is 1.00. The van der Waals surface area contributed by atoms with Crippen LogP contribution in [0.2, 0.25) is 0 Å². The molecule has 3 nitrogen and oxygen atoms in total. The van der Waals surface area contributed by atoms with E-state index >= 15 is 0 Å². The zero-order chi connectivity index (χ0) is 13.4. The molecule has 1 aliphatic carbocycles. The molecule has 1 saturated carbocycles. The van der Waals surface area contributed by atoms with Crippen LogP contribution >= 0.6 is 0 Å². The van der Waals surface area contributed by atoms with Gasteiger partial charge in [0.05, 0.1) is 0 Å². The van der Waals surface area contributed by atoms with E-state index in [2.05, 4.69) is 39.5 Å². The van der Waals surface area contributed by atoms with E-state index in [1.165, 1.54) is 55.4 Å². The minimum atomic E-state index is 0.605. The van der Waals surface area contributed by atoms with Crippen LogP contribution in [0.4, 0.5) is 5.69 Å². The fourth-order valence-electron chi connectivity index (χ4n) is 3.19. The largest absolute Gasteiger partial charge is 0.381 e. The molecule has 3 heteroatoms. The van der Waals surface area contributed by atoms with E-state index in [0.717, 1.165) is 5.92 Å². The van der Waals surface area contributed by atoms with Crippen molar-refractivity contribution in [3.63, 3.8) is 0 Å². The maximum absolute atomic E-state index is 4.16. The topological polar surface area (TPSA) is 28.2 Å². The molecule has 2 heterocycles. The quantitative estimate of drug-likeness (QED) is 0.922. The third kappa shape index (κ3) is 2.63. The normalized spacial score (nSPS) is 23.3. The Hall–Kier alpha value is -1.61. The molecule has 2 fully saturated rings. The molecule has 1 aliphatic heterocycles. The third-order valence-corrected chi connectivity index (χ3v) is 4.50. The predicted octanol–water partition coefficient (Wildman–Crippen LogP) is 3.13. The molecule has 104 valence electrons. The monoisotopic (exact) mass is 267 g/mol. The second kappa shape index (κ2) is 5.06. The summed E-state index contributed by atoms with van der Waals surface area (Å²) in [6.07, 6.45) is 7.95. The van der Waals surface area contributed by atoms with Gasteiger partial charge in [-0.2, -0.15) is 0 Å². The van der Waals surface area contributed by atoms with Gasteiger partial charge in [0.1, 0.15) is 0 Å². The van der Waals surface area contributed by atoms with Crippen molar-refractivity contribution in [2.24, 2.45) is 5.92 Å². The van der Waals surface area contributed by atoms with Crippen LogP contribution < -0.4 is 5.32 Å². The lowest BCUT2D eigenvalue weighted by Gasteiger charge is -2.17. The van der Waals surface area contributed by atoms with Gasteiger partial charge in [-0.25, -0.2) is 0 Å². The highest BCUT2D eigenvalue weighted by atomic mass is 15.2. The minimum Gasteiger partial charge on any atom is -0.381 e. The van der Waals surface area contributed by atoms with Crippen molar-refractivity contribution in [1.29, 1.82) is 0 Å². The number of fused-ring (bicyclic) bond motifs is 1. The highest BCUT2D eigenvalue weighted by molar-refractivity contribution is 5.84. The van der Waals surface area contributed by atoms with E-state index in [4.69, 9.17) is 0 Å². The van der Waals surface area contributed by atoms with Crippen LogP contribution in [0.15, 0.2) is 36.7 Å². The molecule has 4 rings (SSSR count). The molecular weight excluding hydrogens is 246 g/mol. The van der Waals surface area contributed by atoms with E-state index in [-0.39, 0.29) is 0 Å². The van der Waals surface area contributed by atoms with Crippen molar-refractivity contribution >= 4 is 16.5 Å². The van der Waals surface area contributed by atoms with Crippen LogP contribution in [0.5, 0.6) is 0 Å². The lowest BCUT2D eigenvalue weighted by atomic mass is 10.1. The number of hydrogen-bond donors (Lipinski definition) is 1. The summed E-state index contributed by atoms with van der Waals surface area (Å²) in [7, 11) is 0. The van der Waals surface area contributed by atoms with Crippen molar-refractivity contribution in [3.05, 3.63) is 36.7 Å². The molecule has 0 spiro atoms. The Kier molecular flexibility index (Phi) is 3.07. The van der Waals surface area contributed by atoms with E-state index < -0.39 is 0 Å². The molecule has 2 aromatic rings. The predicted molar refractivity (Wildman–Crippen MR) is 82.9 cm³/mol. The first-order valence-electron chi connectivity index (χ1n) is 7.69. The molecule has 2 aliphatic rings. The van der Waals surface area contributed by atoms with Crippen LogP contribution in [0.3, 0.4) is 0 Å². The van der Waals surface area contributed by atoms with Crippen molar-refractivity contribution in [2.45, 2.75) is 25.3 Å². The highest BCUT2D eigenvalue weighted by Gasteiger charge is 2.28. The van der Waals surface area contributed by atoms with Crippen LogP contribution in [0.1, 0.15) is 19.3 Å². The van der Waals surface area contributed by atoms with E-state index in [1.54, 1.807) is 0 Å². The Morgan fingerprint density at radius 1 is 1.15 bits per heavy atom. The van der Waals surface area contributed by atoms with Gasteiger partial charge in [0.2, 0.25) is 0 Å². The summed E-state index contributed by atoms with van der Waals surface area (Å²) in [6.45, 7) is 3.78. The maximum Gasteiger partial charge on any atom is 0.0400 e. The fraction of sp³-hybridized carbons (Fsp3) is 0.471. The van der Waals surface area contributed by atoms with Gasteiger partial charge >= 0.3 is 0 Å². The van der Waals surface area contributed by atoms with Gasteiger partial charge in [-0.1, -0.05) is 6.07 Å². The summed E-state index contributed by atoms with van der Waals surface area (Å²) in [4.78, 5) is 6.79. The van der Waals surface area contributed by atoms with Gasteiger partial charge in [-0.05, 0) is 48.8 Å². The molecule has 0 amide bonds. The molecule has 1 atom stereocenters. The number of nitrogens with zero attached hydrogens (tertiary/aromatic N) is 2. The Morgan fingerprint density at radius 3 is 3.00 bits per heavy atom. The summed E-state index contributed by atoms with van der Waals surface area (Å²) in [5.41, 5.74) is 1.24. The number of nitrogens with one attached hydrogen (secondary N) is 1. The number of benzene rings is 1. The molecular formula is C17H21N3. The van der Waals surface area contributed by atoms with Crippen LogP contribution in [-0.2, 0) is 0 Å². The first kappa shape index (κ1) is 12.2. The lowest BCUT2D eigenvalue weighted by Crippen LogP contribution is -2.27. The molecule has 0 bridgehead atoms. The molecule has 1 unspecified atom stereocenters. The van der Waals surface area contributed by atoms with E-state index in [0.29, 0.717) is 6.04 Å². The molecule has 1 aromatic heterocycles. The summed E-state index contributed by atoms with van der Waals surface area (Å²) >= 11 is 0. The van der Waals surface area contributed by atoms with Crippen molar-refractivity contribution in [2.75, 3.05) is 25.0 Å². The Labute approximate surface area is 120 Å². The Bertz CT molecular complexity index is 606. The summed E-state index contributed by atoms with van der Waals surface area (Å²) < 4.78 is 0. The minimum absolute atomic E-state index is 0.605. The Morgan fingerprint density at radius 2 is 2.10 bits per heavy atom. The lowest BCUT2D eigenvalue weighted by molar-refractivity contribution is 0.322. The van der Waals surface area contributed by atoms with Gasteiger partial charge in [0.15, 0.2) is 0 Å². The number of rotatable bonds is 4. The number of anilines is 1. The van der Waals surface area contributed by atoms with Gasteiger partial charge in [-0.15, -0.1) is 0 Å². The second-order valence-corrected chi connectivity index (χ2v) is 6.27. The molecule has 1 saturated heterocycles. The molecule has 1 N–H and O–H groups in total. The SMILES string of the molecule is c1cc2cc(NC3CCN(CC4CC4)C3)ccc2cn1. The second-order valence-electron chi connectivity index (χ2n) is 6.27. The summed E-state index contributed by atoms with van der Waals surface area (Å²) in [5, 5.41) is 6.16. The number of hydrogen-bond acceptors (Lipinski definition) is 3. The molecule has 0 radical (unpaired) electrons. The average molecular weight is 267 g/mol. The zero-order valence-corrected chi connectivity index (χ0v) is 11.8. The molecule has 20 heavy (non-hydrogen) atoms. The summed E-state index contributed by atoms with van der Waals surface area (Å²) in [6, 6.07) is 9.25. The van der Waals surface area contributed by atoms with Gasteiger partial charge in [0.25, 0.3) is 0 Å². The first-order chi connectivity index (χ1) is 9.87. The maximum atomic E-state index is 4.16. The first-order valence-corrected chi connectivity index (χ1v) is 7.69. The van der Waals surface area contributed by atoms with Crippen LogP contribution in [0.25, 0.3) is 10.8 Å². The van der Waals surface area contributed by atoms with Crippen LogP contribution in [-0.4, -0.2) is 35.6 Å². The number of aromatic nitrogens is 1.